The second-order valence-electron chi connectivity index (χ2n) is 5.43. The second-order valence-corrected chi connectivity index (χ2v) is 5.43. The van der Waals surface area contributed by atoms with Gasteiger partial charge in [-0.3, -0.25) is 14.6 Å². The van der Waals surface area contributed by atoms with Crippen LogP contribution in [0.2, 0.25) is 0 Å². The minimum atomic E-state index is -0.206. The Balaban J connectivity index is 1.67. The fourth-order valence-electron chi connectivity index (χ4n) is 3.05. The molecule has 2 amide bonds. The zero-order valence-electron chi connectivity index (χ0n) is 11.5. The van der Waals surface area contributed by atoms with Crippen molar-refractivity contribution in [2.45, 2.75) is 31.7 Å². The highest BCUT2D eigenvalue weighted by molar-refractivity contribution is 5.90. The Bertz CT molecular complexity index is 503. The van der Waals surface area contributed by atoms with Gasteiger partial charge in [0, 0.05) is 38.4 Å². The highest BCUT2D eigenvalue weighted by Gasteiger charge is 2.38. The van der Waals surface area contributed by atoms with E-state index < -0.39 is 0 Å². The van der Waals surface area contributed by atoms with Crippen LogP contribution in [0.25, 0.3) is 0 Å². The lowest BCUT2D eigenvalue weighted by atomic mass is 10.1. The summed E-state index contributed by atoms with van der Waals surface area (Å²) in [6.45, 7) is 1.98. The Kier molecular flexibility index (Phi) is 3.67. The molecule has 2 aliphatic heterocycles. The first-order chi connectivity index (χ1) is 9.75. The van der Waals surface area contributed by atoms with Gasteiger partial charge in [0.05, 0.1) is 0 Å². The number of fused-ring (bicyclic) bond motifs is 1. The molecule has 5 heteroatoms. The Morgan fingerprint density at radius 3 is 2.80 bits per heavy atom. The molecule has 3 rings (SSSR count). The van der Waals surface area contributed by atoms with E-state index in [0.717, 1.165) is 25.8 Å². The minimum Gasteiger partial charge on any atom is -0.340 e. The van der Waals surface area contributed by atoms with E-state index in [2.05, 4.69) is 4.98 Å². The smallest absolute Gasteiger partial charge is 0.245 e. The molecule has 0 aliphatic carbocycles. The van der Waals surface area contributed by atoms with Crippen LogP contribution in [-0.2, 0) is 16.0 Å². The zero-order valence-corrected chi connectivity index (χ0v) is 11.5. The van der Waals surface area contributed by atoms with Gasteiger partial charge in [0.2, 0.25) is 11.8 Å². The van der Waals surface area contributed by atoms with Crippen LogP contribution in [0.4, 0.5) is 0 Å². The van der Waals surface area contributed by atoms with Gasteiger partial charge in [0.25, 0.3) is 0 Å². The van der Waals surface area contributed by atoms with Crippen molar-refractivity contribution in [1.29, 1.82) is 0 Å². The van der Waals surface area contributed by atoms with Gasteiger partial charge in [-0.15, -0.1) is 0 Å². The molecule has 0 radical (unpaired) electrons. The summed E-state index contributed by atoms with van der Waals surface area (Å²) >= 11 is 0. The lowest BCUT2D eigenvalue weighted by Gasteiger charge is -2.25. The summed E-state index contributed by atoms with van der Waals surface area (Å²) in [7, 11) is 0. The molecular weight excluding hydrogens is 254 g/mol. The van der Waals surface area contributed by atoms with E-state index in [1.165, 1.54) is 5.56 Å². The summed E-state index contributed by atoms with van der Waals surface area (Å²) in [4.78, 5) is 32.1. The molecule has 0 bridgehead atoms. The quantitative estimate of drug-likeness (QED) is 0.820. The molecule has 2 fully saturated rings. The van der Waals surface area contributed by atoms with E-state index in [9.17, 15) is 9.59 Å². The number of hydrogen-bond donors (Lipinski definition) is 0. The molecule has 1 unspecified atom stereocenters. The van der Waals surface area contributed by atoms with Gasteiger partial charge in [-0.2, -0.15) is 0 Å². The number of carbonyl (C=O) groups excluding carboxylic acids is 2. The van der Waals surface area contributed by atoms with E-state index in [0.29, 0.717) is 19.5 Å². The van der Waals surface area contributed by atoms with Gasteiger partial charge in [-0.1, -0.05) is 0 Å². The second kappa shape index (κ2) is 5.61. The lowest BCUT2D eigenvalue weighted by Crippen LogP contribution is -2.44. The molecule has 3 heterocycles. The topological polar surface area (TPSA) is 53.5 Å². The van der Waals surface area contributed by atoms with Crippen LogP contribution in [0.1, 0.15) is 24.8 Å². The maximum absolute atomic E-state index is 12.5. The van der Waals surface area contributed by atoms with Gasteiger partial charge in [0.15, 0.2) is 0 Å². The zero-order chi connectivity index (χ0) is 13.9. The van der Waals surface area contributed by atoms with E-state index in [1.807, 2.05) is 17.0 Å². The van der Waals surface area contributed by atoms with Crippen molar-refractivity contribution in [2.24, 2.45) is 0 Å². The van der Waals surface area contributed by atoms with Crippen molar-refractivity contribution >= 4 is 11.8 Å². The fourth-order valence-corrected chi connectivity index (χ4v) is 3.05. The predicted molar refractivity (Wildman–Crippen MR) is 73.9 cm³/mol. The summed E-state index contributed by atoms with van der Waals surface area (Å²) in [6.07, 6.45) is 6.56. The Morgan fingerprint density at radius 1 is 1.20 bits per heavy atom. The van der Waals surface area contributed by atoms with Crippen LogP contribution in [-0.4, -0.2) is 52.3 Å². The summed E-state index contributed by atoms with van der Waals surface area (Å²) in [5.74, 6) is 0.259. The summed E-state index contributed by atoms with van der Waals surface area (Å²) in [6, 6.07) is 3.73. The van der Waals surface area contributed by atoms with E-state index >= 15 is 0 Å². The SMILES string of the molecule is O=C1C2CCCN2C(=O)CCN1CCc1ccncc1. The average Bonchev–Trinajstić information content (AvgIpc) is 2.93. The van der Waals surface area contributed by atoms with Crippen LogP contribution in [0.15, 0.2) is 24.5 Å². The van der Waals surface area contributed by atoms with Gasteiger partial charge in [-0.05, 0) is 37.0 Å². The monoisotopic (exact) mass is 273 g/mol. The van der Waals surface area contributed by atoms with Crippen molar-refractivity contribution in [3.8, 4) is 0 Å². The van der Waals surface area contributed by atoms with Crippen molar-refractivity contribution in [2.75, 3.05) is 19.6 Å². The van der Waals surface area contributed by atoms with Crippen molar-refractivity contribution in [3.63, 3.8) is 0 Å². The minimum absolute atomic E-state index is 0.127. The van der Waals surface area contributed by atoms with Crippen molar-refractivity contribution < 1.29 is 9.59 Å². The maximum Gasteiger partial charge on any atom is 0.245 e. The molecule has 2 saturated heterocycles. The molecule has 20 heavy (non-hydrogen) atoms. The average molecular weight is 273 g/mol. The fraction of sp³-hybridized carbons (Fsp3) is 0.533. The molecule has 1 aromatic heterocycles. The van der Waals surface area contributed by atoms with Crippen LogP contribution in [0.3, 0.4) is 0 Å². The third-order valence-electron chi connectivity index (χ3n) is 4.19. The molecule has 5 nitrogen and oxygen atoms in total. The Hall–Kier alpha value is -1.91. The Labute approximate surface area is 118 Å². The molecule has 0 aromatic carbocycles. The molecule has 1 aromatic rings. The first-order valence-corrected chi connectivity index (χ1v) is 7.23. The first-order valence-electron chi connectivity index (χ1n) is 7.23. The van der Waals surface area contributed by atoms with Crippen LogP contribution < -0.4 is 0 Å². The summed E-state index contributed by atoms with van der Waals surface area (Å²) < 4.78 is 0. The number of carbonyl (C=O) groups is 2. The van der Waals surface area contributed by atoms with E-state index in [4.69, 9.17) is 0 Å². The molecular formula is C15H19N3O2. The van der Waals surface area contributed by atoms with E-state index in [1.54, 1.807) is 17.3 Å². The van der Waals surface area contributed by atoms with Crippen LogP contribution in [0.5, 0.6) is 0 Å². The third-order valence-corrected chi connectivity index (χ3v) is 4.19. The molecule has 0 spiro atoms. The third kappa shape index (κ3) is 2.53. The lowest BCUT2D eigenvalue weighted by molar-refractivity contribution is -0.139. The first kappa shape index (κ1) is 13.1. The van der Waals surface area contributed by atoms with Gasteiger partial charge >= 0.3 is 0 Å². The summed E-state index contributed by atoms with van der Waals surface area (Å²) in [5.41, 5.74) is 1.17. The highest BCUT2D eigenvalue weighted by atomic mass is 16.2. The van der Waals surface area contributed by atoms with Crippen molar-refractivity contribution in [1.82, 2.24) is 14.8 Å². The molecule has 2 aliphatic rings. The Morgan fingerprint density at radius 2 is 2.00 bits per heavy atom. The van der Waals surface area contributed by atoms with Gasteiger partial charge in [-0.25, -0.2) is 0 Å². The van der Waals surface area contributed by atoms with Crippen molar-refractivity contribution in [3.05, 3.63) is 30.1 Å². The number of pyridine rings is 1. The number of nitrogens with zero attached hydrogens (tertiary/aromatic N) is 3. The molecule has 0 N–H and O–H groups in total. The number of amides is 2. The normalized spacial score (nSPS) is 22.9. The number of aromatic nitrogens is 1. The van der Waals surface area contributed by atoms with Crippen LogP contribution >= 0.6 is 0 Å². The molecule has 106 valence electrons. The van der Waals surface area contributed by atoms with Gasteiger partial charge in [0.1, 0.15) is 6.04 Å². The maximum atomic E-state index is 12.5. The number of rotatable bonds is 3. The van der Waals surface area contributed by atoms with Crippen LogP contribution in [0, 0.1) is 0 Å². The standard InChI is InChI=1S/C15H19N3O2/c19-14-6-11-17(10-5-12-3-7-16-8-4-12)15(20)13-2-1-9-18(13)14/h3-4,7-8,13H,1-2,5-6,9-11H2. The predicted octanol–water partition coefficient (Wildman–Crippen LogP) is 0.847. The molecule has 0 saturated carbocycles. The summed E-state index contributed by atoms with van der Waals surface area (Å²) in [5, 5.41) is 0. The number of hydrogen-bond acceptors (Lipinski definition) is 3. The largest absolute Gasteiger partial charge is 0.340 e. The van der Waals surface area contributed by atoms with Gasteiger partial charge < -0.3 is 9.80 Å². The highest BCUT2D eigenvalue weighted by Crippen LogP contribution is 2.23. The van der Waals surface area contributed by atoms with E-state index in [-0.39, 0.29) is 17.9 Å². The molecule has 1 atom stereocenters.